The highest BCUT2D eigenvalue weighted by Gasteiger charge is 2.60. The van der Waals surface area contributed by atoms with Gasteiger partial charge in [0.05, 0.1) is 17.4 Å². The minimum atomic E-state index is -0.891. The van der Waals surface area contributed by atoms with Gasteiger partial charge in [0.1, 0.15) is 5.92 Å². The zero-order valence-electron chi connectivity index (χ0n) is 15.6. The van der Waals surface area contributed by atoms with Crippen molar-refractivity contribution < 1.29 is 14.4 Å². The third kappa shape index (κ3) is 3.12. The summed E-state index contributed by atoms with van der Waals surface area (Å²) in [5, 5.41) is 2.28. The van der Waals surface area contributed by atoms with E-state index in [2.05, 4.69) is 15.9 Å². The van der Waals surface area contributed by atoms with Gasteiger partial charge in [-0.1, -0.05) is 63.9 Å². The van der Waals surface area contributed by atoms with Crippen molar-refractivity contribution in [1.29, 1.82) is 0 Å². The number of nitrogens with zero attached hydrogens (tertiary/aromatic N) is 2. The normalized spacial score (nSPS) is 23.2. The molecule has 2 amide bonds. The number of anilines is 2. The Morgan fingerprint density at radius 3 is 2.23 bits per heavy atom. The summed E-state index contributed by atoms with van der Waals surface area (Å²) in [5.41, 5.74) is 2.16. The third-order valence-corrected chi connectivity index (χ3v) is 6.15. The van der Waals surface area contributed by atoms with Crippen LogP contribution in [0.1, 0.15) is 11.6 Å². The molecule has 0 aromatic heterocycles. The molecule has 30 heavy (non-hydrogen) atoms. The summed E-state index contributed by atoms with van der Waals surface area (Å²) in [6.45, 7) is 0. The van der Waals surface area contributed by atoms with Crippen molar-refractivity contribution in [2.24, 2.45) is 5.92 Å². The summed E-state index contributed by atoms with van der Waals surface area (Å²) in [4.78, 5) is 34.1. The highest BCUT2D eigenvalue weighted by molar-refractivity contribution is 9.10. The predicted molar refractivity (Wildman–Crippen MR) is 118 cm³/mol. The Kier molecular flexibility index (Phi) is 4.85. The van der Waals surface area contributed by atoms with Crippen molar-refractivity contribution in [3.8, 4) is 0 Å². The van der Waals surface area contributed by atoms with E-state index in [-0.39, 0.29) is 11.8 Å². The zero-order chi connectivity index (χ0) is 20.8. The summed E-state index contributed by atoms with van der Waals surface area (Å²) in [5.74, 6) is -1.31. The quantitative estimate of drug-likeness (QED) is 0.483. The first kappa shape index (κ1) is 19.3. The Bertz CT molecular complexity index is 1120. The number of carbonyl (C=O) groups is 2. The van der Waals surface area contributed by atoms with Crippen molar-refractivity contribution in [3.63, 3.8) is 0 Å². The lowest BCUT2D eigenvalue weighted by molar-refractivity contribution is -0.126. The highest BCUT2D eigenvalue weighted by Crippen LogP contribution is 2.47. The second-order valence-corrected chi connectivity index (χ2v) is 8.55. The number of hydrogen-bond acceptors (Lipinski definition) is 4. The fourth-order valence-electron chi connectivity index (χ4n) is 4.08. The number of carbonyl (C=O) groups excluding carboxylic acids is 2. The summed E-state index contributed by atoms with van der Waals surface area (Å²) in [6, 6.07) is 23.5. The minimum absolute atomic E-state index is 0.276. The molecule has 5 nitrogen and oxygen atoms in total. The second kappa shape index (κ2) is 7.54. The third-order valence-electron chi connectivity index (χ3n) is 5.40. The number of rotatable bonds is 3. The molecule has 2 aliphatic rings. The maximum Gasteiger partial charge on any atom is 0.266 e. The standard InChI is InChI=1S/C23H16BrClN2O3/c24-15-5-4-8-18(13-15)26-22(28)19-20(14-9-11-16(25)12-10-14)27(30-21(19)23(26)29)17-6-2-1-3-7-17/h1-13,19-21H/t19-,20-,21+/m0/s1. The van der Waals surface area contributed by atoms with Crippen molar-refractivity contribution in [1.82, 2.24) is 0 Å². The molecule has 3 aromatic rings. The summed E-state index contributed by atoms with van der Waals surface area (Å²) < 4.78 is 0.791. The number of imide groups is 1. The Labute approximate surface area is 186 Å². The molecular formula is C23H16BrClN2O3. The molecule has 0 spiro atoms. The smallest absolute Gasteiger partial charge is 0.266 e. The molecule has 2 saturated heterocycles. The first-order valence-corrected chi connectivity index (χ1v) is 10.6. The lowest BCUT2D eigenvalue weighted by Gasteiger charge is -2.28. The van der Waals surface area contributed by atoms with Crippen LogP contribution in [-0.4, -0.2) is 17.9 Å². The fourth-order valence-corrected chi connectivity index (χ4v) is 4.59. The van der Waals surface area contributed by atoms with Crippen LogP contribution in [0.25, 0.3) is 0 Å². The number of benzene rings is 3. The van der Waals surface area contributed by atoms with E-state index in [0.29, 0.717) is 10.7 Å². The molecule has 5 rings (SSSR count). The van der Waals surface area contributed by atoms with E-state index in [4.69, 9.17) is 16.4 Å². The Morgan fingerprint density at radius 2 is 1.53 bits per heavy atom. The maximum atomic E-state index is 13.5. The lowest BCUT2D eigenvalue weighted by atomic mass is 9.90. The van der Waals surface area contributed by atoms with Gasteiger partial charge in [-0.2, -0.15) is 0 Å². The molecule has 0 N–H and O–H groups in total. The molecule has 0 saturated carbocycles. The van der Waals surface area contributed by atoms with Crippen LogP contribution >= 0.6 is 27.5 Å². The average molecular weight is 484 g/mol. The molecule has 2 fully saturated rings. The first-order chi connectivity index (χ1) is 14.5. The second-order valence-electron chi connectivity index (χ2n) is 7.20. The van der Waals surface area contributed by atoms with Gasteiger partial charge in [-0.05, 0) is 48.0 Å². The SMILES string of the molecule is O=C1[C@@H]2[C@@H](ON(c3ccccc3)[C@H]2c2ccc(Cl)cc2)C(=O)N1c1cccc(Br)c1. The van der Waals surface area contributed by atoms with E-state index in [9.17, 15) is 9.59 Å². The van der Waals surface area contributed by atoms with E-state index in [0.717, 1.165) is 15.7 Å². The van der Waals surface area contributed by atoms with E-state index >= 15 is 0 Å². The monoisotopic (exact) mass is 482 g/mol. The van der Waals surface area contributed by atoms with E-state index in [1.807, 2.05) is 48.5 Å². The van der Waals surface area contributed by atoms with Gasteiger partial charge in [0.2, 0.25) is 5.91 Å². The summed E-state index contributed by atoms with van der Waals surface area (Å²) in [7, 11) is 0. The van der Waals surface area contributed by atoms with Gasteiger partial charge in [-0.25, -0.2) is 9.96 Å². The molecule has 0 unspecified atom stereocenters. The number of amides is 2. The van der Waals surface area contributed by atoms with Crippen LogP contribution in [0.15, 0.2) is 83.3 Å². The number of hydroxylamine groups is 1. The Morgan fingerprint density at radius 1 is 0.833 bits per heavy atom. The van der Waals surface area contributed by atoms with Gasteiger partial charge in [-0.15, -0.1) is 0 Å². The van der Waals surface area contributed by atoms with Gasteiger partial charge >= 0.3 is 0 Å². The van der Waals surface area contributed by atoms with Crippen LogP contribution < -0.4 is 9.96 Å². The lowest BCUT2D eigenvalue weighted by Crippen LogP contribution is -2.37. The average Bonchev–Trinajstić information content (AvgIpc) is 3.26. The number of fused-ring (bicyclic) bond motifs is 1. The van der Waals surface area contributed by atoms with Crippen LogP contribution in [0.2, 0.25) is 5.02 Å². The Balaban J connectivity index is 1.59. The molecule has 2 aliphatic heterocycles. The Hall–Kier alpha value is -2.67. The zero-order valence-corrected chi connectivity index (χ0v) is 18.0. The van der Waals surface area contributed by atoms with Crippen LogP contribution in [-0.2, 0) is 14.4 Å². The molecular weight excluding hydrogens is 468 g/mol. The topological polar surface area (TPSA) is 49.9 Å². The minimum Gasteiger partial charge on any atom is -0.273 e. The predicted octanol–water partition coefficient (Wildman–Crippen LogP) is 5.15. The van der Waals surface area contributed by atoms with Gasteiger partial charge in [0, 0.05) is 9.50 Å². The van der Waals surface area contributed by atoms with Crippen molar-refractivity contribution >= 4 is 50.7 Å². The summed E-state index contributed by atoms with van der Waals surface area (Å²) in [6.07, 6.45) is -0.891. The fraction of sp³-hybridized carbons (Fsp3) is 0.130. The first-order valence-electron chi connectivity index (χ1n) is 9.44. The molecule has 0 radical (unpaired) electrons. The maximum absolute atomic E-state index is 13.5. The van der Waals surface area contributed by atoms with Crippen molar-refractivity contribution in [2.75, 3.05) is 9.96 Å². The van der Waals surface area contributed by atoms with Crippen LogP contribution in [0.4, 0.5) is 11.4 Å². The van der Waals surface area contributed by atoms with Gasteiger partial charge in [0.25, 0.3) is 5.91 Å². The molecule has 0 bridgehead atoms. The van der Waals surface area contributed by atoms with E-state index in [1.54, 1.807) is 35.4 Å². The summed E-state index contributed by atoms with van der Waals surface area (Å²) >= 11 is 9.48. The van der Waals surface area contributed by atoms with E-state index < -0.39 is 18.1 Å². The van der Waals surface area contributed by atoms with Gasteiger partial charge < -0.3 is 0 Å². The van der Waals surface area contributed by atoms with Gasteiger partial charge in [-0.3, -0.25) is 14.4 Å². The number of para-hydroxylation sites is 1. The highest BCUT2D eigenvalue weighted by atomic mass is 79.9. The van der Waals surface area contributed by atoms with Crippen LogP contribution in [0.5, 0.6) is 0 Å². The molecule has 3 aromatic carbocycles. The van der Waals surface area contributed by atoms with Crippen LogP contribution in [0.3, 0.4) is 0 Å². The number of halogens is 2. The van der Waals surface area contributed by atoms with Crippen LogP contribution in [0, 0.1) is 5.92 Å². The van der Waals surface area contributed by atoms with Crippen molar-refractivity contribution in [2.45, 2.75) is 12.1 Å². The van der Waals surface area contributed by atoms with E-state index in [1.165, 1.54) is 4.90 Å². The number of hydrogen-bond donors (Lipinski definition) is 0. The molecule has 0 aliphatic carbocycles. The van der Waals surface area contributed by atoms with Crippen molar-refractivity contribution in [3.05, 3.63) is 93.9 Å². The van der Waals surface area contributed by atoms with Gasteiger partial charge in [0.15, 0.2) is 6.10 Å². The molecule has 7 heteroatoms. The largest absolute Gasteiger partial charge is 0.273 e. The molecule has 150 valence electrons. The molecule has 2 heterocycles. The molecule has 3 atom stereocenters.